The molecule has 1 aromatic heterocycles. The molecule has 0 bridgehead atoms. The largest absolute Gasteiger partial charge is 0.371 e. The van der Waals surface area contributed by atoms with Gasteiger partial charge in [0.1, 0.15) is 16.9 Å². The molecule has 3 aliphatic rings. The van der Waals surface area contributed by atoms with E-state index in [0.717, 1.165) is 32.4 Å². The normalized spacial score (nSPS) is 25.5. The number of aryl methyl sites for hydroxylation is 1. The molecule has 0 aliphatic carbocycles. The van der Waals surface area contributed by atoms with E-state index >= 15 is 0 Å². The van der Waals surface area contributed by atoms with Crippen molar-refractivity contribution in [3.8, 4) is 0 Å². The van der Waals surface area contributed by atoms with Gasteiger partial charge in [-0.1, -0.05) is 12.1 Å². The van der Waals surface area contributed by atoms with Crippen LogP contribution < -0.4 is 0 Å². The minimum absolute atomic E-state index is 0.0166. The first-order chi connectivity index (χ1) is 12.1. The van der Waals surface area contributed by atoms with E-state index in [0.29, 0.717) is 49.8 Å². The first kappa shape index (κ1) is 16.6. The average molecular weight is 347 g/mol. The van der Waals surface area contributed by atoms with E-state index in [1.165, 1.54) is 6.20 Å². The molecule has 4 heterocycles. The van der Waals surface area contributed by atoms with Crippen LogP contribution in [0, 0.1) is 5.92 Å². The van der Waals surface area contributed by atoms with Gasteiger partial charge in [0.05, 0.1) is 25.9 Å². The Labute approximate surface area is 147 Å². The van der Waals surface area contributed by atoms with Crippen molar-refractivity contribution >= 4 is 11.8 Å². The van der Waals surface area contributed by atoms with E-state index in [4.69, 9.17) is 9.26 Å². The summed E-state index contributed by atoms with van der Waals surface area (Å²) in [5.41, 5.74) is 0.378. The number of hydrogen-bond acceptors (Lipinski definition) is 5. The number of amides is 2. The molecule has 4 rings (SSSR count). The summed E-state index contributed by atoms with van der Waals surface area (Å²) in [6.07, 6.45) is 5.85. The maximum Gasteiger partial charge on any atom is 0.259 e. The molecule has 136 valence electrons. The number of likely N-dealkylation sites (tertiary alicyclic amines) is 2. The van der Waals surface area contributed by atoms with Crippen molar-refractivity contribution in [1.29, 1.82) is 0 Å². The monoisotopic (exact) mass is 347 g/mol. The highest BCUT2D eigenvalue weighted by Crippen LogP contribution is 2.37. The van der Waals surface area contributed by atoms with E-state index in [2.05, 4.69) is 5.16 Å². The third-order valence-electron chi connectivity index (χ3n) is 5.73. The summed E-state index contributed by atoms with van der Waals surface area (Å²) < 4.78 is 11.3. The molecule has 0 saturated carbocycles. The molecular formula is C18H25N3O4. The smallest absolute Gasteiger partial charge is 0.259 e. The van der Waals surface area contributed by atoms with Crippen LogP contribution in [0.2, 0.25) is 0 Å². The van der Waals surface area contributed by atoms with Gasteiger partial charge in [-0.25, -0.2) is 0 Å². The van der Waals surface area contributed by atoms with Gasteiger partial charge in [0, 0.05) is 31.8 Å². The van der Waals surface area contributed by atoms with Crippen LogP contribution in [0.15, 0.2) is 10.7 Å². The fourth-order valence-corrected chi connectivity index (χ4v) is 4.18. The minimum atomic E-state index is -0.190. The second-order valence-corrected chi connectivity index (χ2v) is 7.52. The Balaban J connectivity index is 1.28. The van der Waals surface area contributed by atoms with E-state index in [1.807, 2.05) is 16.7 Å². The zero-order chi connectivity index (χ0) is 17.4. The fourth-order valence-electron chi connectivity index (χ4n) is 4.18. The van der Waals surface area contributed by atoms with Crippen LogP contribution in [0.4, 0.5) is 0 Å². The zero-order valence-electron chi connectivity index (χ0n) is 14.7. The standard InChI is InChI=1S/C18H25N3O4/c1-2-15-14(8-19-25-15)17(23)21-11-18(12-21)6-5-13(10-24-18)9-20-7-3-4-16(20)22/h8,13H,2-7,9-12H2,1H3. The molecule has 3 aliphatic heterocycles. The van der Waals surface area contributed by atoms with Crippen LogP contribution in [-0.4, -0.2) is 65.2 Å². The molecule has 1 aromatic rings. The van der Waals surface area contributed by atoms with Crippen LogP contribution in [0.5, 0.6) is 0 Å². The maximum atomic E-state index is 12.6. The summed E-state index contributed by atoms with van der Waals surface area (Å²) in [6, 6.07) is 0. The molecular weight excluding hydrogens is 322 g/mol. The van der Waals surface area contributed by atoms with Crippen molar-refractivity contribution in [2.24, 2.45) is 5.92 Å². The first-order valence-corrected chi connectivity index (χ1v) is 9.25. The van der Waals surface area contributed by atoms with Gasteiger partial charge in [-0.15, -0.1) is 0 Å². The lowest BCUT2D eigenvalue weighted by atomic mass is 9.82. The topological polar surface area (TPSA) is 75.9 Å². The van der Waals surface area contributed by atoms with E-state index in [-0.39, 0.29) is 17.4 Å². The molecule has 7 nitrogen and oxygen atoms in total. The second kappa shape index (κ2) is 6.44. The van der Waals surface area contributed by atoms with Gasteiger partial charge in [-0.05, 0) is 19.3 Å². The number of hydrogen-bond donors (Lipinski definition) is 0. The third kappa shape index (κ3) is 3.05. The number of aromatic nitrogens is 1. The molecule has 2 amide bonds. The highest BCUT2D eigenvalue weighted by atomic mass is 16.5. The van der Waals surface area contributed by atoms with E-state index in [9.17, 15) is 9.59 Å². The number of nitrogens with zero attached hydrogens (tertiary/aromatic N) is 3. The Kier molecular flexibility index (Phi) is 4.27. The molecule has 1 atom stereocenters. The molecule has 0 radical (unpaired) electrons. The van der Waals surface area contributed by atoms with Gasteiger partial charge in [-0.3, -0.25) is 9.59 Å². The number of carbonyl (C=O) groups is 2. The van der Waals surface area contributed by atoms with Gasteiger partial charge in [0.15, 0.2) is 0 Å². The highest BCUT2D eigenvalue weighted by molar-refractivity contribution is 5.95. The lowest BCUT2D eigenvalue weighted by Gasteiger charge is -2.52. The number of carbonyl (C=O) groups excluding carboxylic acids is 2. The van der Waals surface area contributed by atoms with Crippen molar-refractivity contribution in [3.63, 3.8) is 0 Å². The minimum Gasteiger partial charge on any atom is -0.371 e. The highest BCUT2D eigenvalue weighted by Gasteiger charge is 2.49. The van der Waals surface area contributed by atoms with Crippen LogP contribution in [0.25, 0.3) is 0 Å². The van der Waals surface area contributed by atoms with Crippen LogP contribution in [0.3, 0.4) is 0 Å². The summed E-state index contributed by atoms with van der Waals surface area (Å²) in [6.45, 7) is 5.61. The van der Waals surface area contributed by atoms with Crippen molar-refractivity contribution in [2.45, 2.75) is 44.6 Å². The average Bonchev–Trinajstić information content (AvgIpc) is 3.22. The Bertz CT molecular complexity index is 655. The van der Waals surface area contributed by atoms with Crippen molar-refractivity contribution < 1.29 is 18.8 Å². The van der Waals surface area contributed by atoms with Crippen molar-refractivity contribution in [1.82, 2.24) is 15.0 Å². The predicted octanol–water partition coefficient (Wildman–Crippen LogP) is 1.48. The lowest BCUT2D eigenvalue weighted by Crippen LogP contribution is -2.66. The van der Waals surface area contributed by atoms with E-state index < -0.39 is 0 Å². The Morgan fingerprint density at radius 3 is 2.92 bits per heavy atom. The molecule has 7 heteroatoms. The third-order valence-corrected chi connectivity index (χ3v) is 5.73. The molecule has 3 fully saturated rings. The van der Waals surface area contributed by atoms with Gasteiger partial charge in [-0.2, -0.15) is 0 Å². The summed E-state index contributed by atoms with van der Waals surface area (Å²) in [4.78, 5) is 28.1. The summed E-state index contributed by atoms with van der Waals surface area (Å²) in [5.74, 6) is 1.33. The van der Waals surface area contributed by atoms with Crippen LogP contribution >= 0.6 is 0 Å². The molecule has 1 spiro atoms. The summed E-state index contributed by atoms with van der Waals surface area (Å²) in [7, 11) is 0. The fraction of sp³-hybridized carbons (Fsp3) is 0.722. The van der Waals surface area contributed by atoms with Gasteiger partial charge >= 0.3 is 0 Å². The SMILES string of the molecule is CCc1oncc1C(=O)N1CC2(CCC(CN3CCCC3=O)CO2)C1. The summed E-state index contributed by atoms with van der Waals surface area (Å²) in [5, 5.41) is 3.74. The van der Waals surface area contributed by atoms with Crippen LogP contribution in [0.1, 0.15) is 48.7 Å². The number of ether oxygens (including phenoxy) is 1. The summed E-state index contributed by atoms with van der Waals surface area (Å²) >= 11 is 0. The molecule has 0 aromatic carbocycles. The lowest BCUT2D eigenvalue weighted by molar-refractivity contribution is -0.169. The second-order valence-electron chi connectivity index (χ2n) is 7.52. The number of rotatable bonds is 4. The maximum absolute atomic E-state index is 12.6. The molecule has 0 N–H and O–H groups in total. The van der Waals surface area contributed by atoms with Crippen molar-refractivity contribution in [2.75, 3.05) is 32.8 Å². The van der Waals surface area contributed by atoms with Crippen LogP contribution in [-0.2, 0) is 16.0 Å². The zero-order valence-corrected chi connectivity index (χ0v) is 14.7. The van der Waals surface area contributed by atoms with Gasteiger partial charge < -0.3 is 19.1 Å². The van der Waals surface area contributed by atoms with Crippen molar-refractivity contribution in [3.05, 3.63) is 17.5 Å². The Hall–Kier alpha value is -1.89. The van der Waals surface area contributed by atoms with E-state index in [1.54, 1.807) is 0 Å². The first-order valence-electron chi connectivity index (χ1n) is 9.25. The Morgan fingerprint density at radius 1 is 1.44 bits per heavy atom. The quantitative estimate of drug-likeness (QED) is 0.825. The van der Waals surface area contributed by atoms with Gasteiger partial charge in [0.2, 0.25) is 5.91 Å². The molecule has 25 heavy (non-hydrogen) atoms. The van der Waals surface area contributed by atoms with Gasteiger partial charge in [0.25, 0.3) is 5.91 Å². The predicted molar refractivity (Wildman–Crippen MR) is 89.0 cm³/mol. The molecule has 3 saturated heterocycles. The molecule has 1 unspecified atom stereocenters. The Morgan fingerprint density at radius 2 is 2.28 bits per heavy atom.